The average Bonchev–Trinajstić information content (AvgIpc) is 2.08. The predicted octanol–water partition coefficient (Wildman–Crippen LogP) is 1.57. The zero-order valence-electron chi connectivity index (χ0n) is 6.58. The molecule has 0 aliphatic rings. The summed E-state index contributed by atoms with van der Waals surface area (Å²) in [6, 6.07) is 3.09. The molecule has 1 aromatic carbocycles. The fourth-order valence-electron chi connectivity index (χ4n) is 0.942. The van der Waals surface area contributed by atoms with Crippen molar-refractivity contribution in [1.82, 2.24) is 5.48 Å². The van der Waals surface area contributed by atoms with Gasteiger partial charge in [0.25, 0.3) is 0 Å². The minimum absolute atomic E-state index is 0.0366. The number of phenolic OH excluding ortho intramolecular Hbond substituents is 1. The Kier molecular flexibility index (Phi) is 2.62. The molecule has 1 aromatic rings. The molecular weight excluding hydrogens is 161 g/mol. The van der Waals surface area contributed by atoms with Gasteiger partial charge in [-0.3, -0.25) is 0 Å². The topological polar surface area (TPSA) is 52.5 Å². The lowest BCUT2D eigenvalue weighted by Gasteiger charge is -2.10. The first-order valence-corrected chi connectivity index (χ1v) is 3.53. The van der Waals surface area contributed by atoms with Crippen LogP contribution in [0.5, 0.6) is 5.75 Å². The Bertz CT molecular complexity index is 278. The molecule has 0 aliphatic heterocycles. The van der Waals surface area contributed by atoms with Gasteiger partial charge in [0.1, 0.15) is 11.6 Å². The second kappa shape index (κ2) is 3.51. The van der Waals surface area contributed by atoms with Gasteiger partial charge in [0.05, 0.1) is 6.04 Å². The summed E-state index contributed by atoms with van der Waals surface area (Å²) >= 11 is 0. The zero-order chi connectivity index (χ0) is 9.14. The Morgan fingerprint density at radius 1 is 1.50 bits per heavy atom. The van der Waals surface area contributed by atoms with E-state index in [0.29, 0.717) is 5.56 Å². The summed E-state index contributed by atoms with van der Waals surface area (Å²) in [4.78, 5) is 0. The molecule has 3 nitrogen and oxygen atoms in total. The standard InChI is InChI=1S/C8H10FNO2/c1-5(10-12)7-4-6(9)2-3-8(7)11/h2-5,10-12H,1H3/t5-/m0/s1. The van der Waals surface area contributed by atoms with Crippen LogP contribution in [0.3, 0.4) is 0 Å². The minimum atomic E-state index is -0.485. The molecule has 4 heteroatoms. The van der Waals surface area contributed by atoms with E-state index in [1.807, 2.05) is 5.48 Å². The van der Waals surface area contributed by atoms with Gasteiger partial charge in [-0.25, -0.2) is 4.39 Å². The van der Waals surface area contributed by atoms with Gasteiger partial charge in [0, 0.05) is 5.56 Å². The largest absolute Gasteiger partial charge is 0.508 e. The van der Waals surface area contributed by atoms with Gasteiger partial charge in [-0.2, -0.15) is 5.48 Å². The molecule has 0 fully saturated rings. The number of phenols is 1. The second-order valence-corrected chi connectivity index (χ2v) is 2.55. The lowest BCUT2D eigenvalue weighted by Crippen LogP contribution is -2.13. The van der Waals surface area contributed by atoms with Crippen molar-refractivity contribution in [3.63, 3.8) is 0 Å². The molecule has 0 bridgehead atoms. The summed E-state index contributed by atoms with van der Waals surface area (Å²) in [6.45, 7) is 1.61. The first-order chi connectivity index (χ1) is 5.65. The quantitative estimate of drug-likeness (QED) is 0.592. The SMILES string of the molecule is C[C@H](NO)c1cc(F)ccc1O. The van der Waals surface area contributed by atoms with E-state index in [1.165, 1.54) is 12.1 Å². The monoisotopic (exact) mass is 171 g/mol. The molecule has 0 aliphatic carbocycles. The molecule has 3 N–H and O–H groups in total. The Morgan fingerprint density at radius 3 is 2.75 bits per heavy atom. The van der Waals surface area contributed by atoms with E-state index in [1.54, 1.807) is 6.92 Å². The van der Waals surface area contributed by atoms with Crippen LogP contribution in [-0.2, 0) is 0 Å². The van der Waals surface area contributed by atoms with Gasteiger partial charge in [0.15, 0.2) is 0 Å². The summed E-state index contributed by atoms with van der Waals surface area (Å²) in [6.07, 6.45) is 0. The molecule has 0 unspecified atom stereocenters. The number of nitrogens with one attached hydrogen (secondary N) is 1. The maximum Gasteiger partial charge on any atom is 0.123 e. The third kappa shape index (κ3) is 1.72. The van der Waals surface area contributed by atoms with Crippen molar-refractivity contribution in [2.45, 2.75) is 13.0 Å². The summed E-state index contributed by atoms with van der Waals surface area (Å²) in [7, 11) is 0. The van der Waals surface area contributed by atoms with Crippen LogP contribution in [0.1, 0.15) is 18.5 Å². The van der Waals surface area contributed by atoms with Crippen LogP contribution in [0.2, 0.25) is 0 Å². The normalized spacial score (nSPS) is 12.9. The zero-order valence-corrected chi connectivity index (χ0v) is 6.58. The highest BCUT2D eigenvalue weighted by molar-refractivity contribution is 5.34. The lowest BCUT2D eigenvalue weighted by molar-refractivity contribution is 0.132. The highest BCUT2D eigenvalue weighted by Gasteiger charge is 2.09. The van der Waals surface area contributed by atoms with Crippen LogP contribution in [-0.4, -0.2) is 10.3 Å². The number of hydrogen-bond acceptors (Lipinski definition) is 3. The molecule has 0 saturated heterocycles. The first kappa shape index (κ1) is 8.96. The fraction of sp³-hybridized carbons (Fsp3) is 0.250. The number of hydrogen-bond donors (Lipinski definition) is 3. The molecule has 0 heterocycles. The van der Waals surface area contributed by atoms with E-state index in [2.05, 4.69) is 0 Å². The molecule has 66 valence electrons. The van der Waals surface area contributed by atoms with Gasteiger partial charge in [0.2, 0.25) is 0 Å². The molecular formula is C8H10FNO2. The summed E-state index contributed by atoms with van der Waals surface area (Å²) in [5.41, 5.74) is 2.25. The van der Waals surface area contributed by atoms with Crippen molar-refractivity contribution in [2.75, 3.05) is 0 Å². The van der Waals surface area contributed by atoms with Crippen LogP contribution < -0.4 is 5.48 Å². The average molecular weight is 171 g/mol. The summed E-state index contributed by atoms with van der Waals surface area (Å²) < 4.78 is 12.6. The van der Waals surface area contributed by atoms with Crippen molar-refractivity contribution in [3.05, 3.63) is 29.6 Å². The molecule has 0 radical (unpaired) electrons. The Hall–Kier alpha value is -1.13. The summed E-state index contributed by atoms with van der Waals surface area (Å²) in [5, 5.41) is 17.7. The first-order valence-electron chi connectivity index (χ1n) is 3.53. The van der Waals surface area contributed by atoms with E-state index >= 15 is 0 Å². The molecule has 0 saturated carbocycles. The van der Waals surface area contributed by atoms with Crippen LogP contribution in [0.25, 0.3) is 0 Å². The maximum absolute atomic E-state index is 12.6. The number of hydroxylamine groups is 1. The fourth-order valence-corrected chi connectivity index (χ4v) is 0.942. The van der Waals surface area contributed by atoms with Gasteiger partial charge in [-0.1, -0.05) is 0 Å². The summed E-state index contributed by atoms with van der Waals surface area (Å²) in [5.74, 6) is -0.477. The molecule has 0 amide bonds. The van der Waals surface area contributed by atoms with Crippen LogP contribution >= 0.6 is 0 Å². The highest BCUT2D eigenvalue weighted by Crippen LogP contribution is 2.23. The van der Waals surface area contributed by atoms with Gasteiger partial charge >= 0.3 is 0 Å². The Labute approximate surface area is 69.4 Å². The number of aromatic hydroxyl groups is 1. The van der Waals surface area contributed by atoms with Gasteiger partial charge in [-0.05, 0) is 25.1 Å². The second-order valence-electron chi connectivity index (χ2n) is 2.55. The van der Waals surface area contributed by atoms with E-state index in [0.717, 1.165) is 6.07 Å². The number of rotatable bonds is 2. The van der Waals surface area contributed by atoms with E-state index in [4.69, 9.17) is 5.21 Å². The van der Waals surface area contributed by atoms with Crippen LogP contribution in [0.15, 0.2) is 18.2 Å². The molecule has 1 rings (SSSR count). The van der Waals surface area contributed by atoms with Crippen molar-refractivity contribution >= 4 is 0 Å². The van der Waals surface area contributed by atoms with Gasteiger partial charge < -0.3 is 10.3 Å². The molecule has 12 heavy (non-hydrogen) atoms. The highest BCUT2D eigenvalue weighted by atomic mass is 19.1. The van der Waals surface area contributed by atoms with Crippen LogP contribution in [0, 0.1) is 5.82 Å². The van der Waals surface area contributed by atoms with Crippen molar-refractivity contribution in [2.24, 2.45) is 0 Å². The molecule has 0 aromatic heterocycles. The van der Waals surface area contributed by atoms with E-state index in [-0.39, 0.29) is 5.75 Å². The smallest absolute Gasteiger partial charge is 0.123 e. The number of halogens is 1. The van der Waals surface area contributed by atoms with Crippen molar-refractivity contribution in [3.8, 4) is 5.75 Å². The third-order valence-electron chi connectivity index (χ3n) is 1.65. The lowest BCUT2D eigenvalue weighted by atomic mass is 10.1. The van der Waals surface area contributed by atoms with E-state index < -0.39 is 11.9 Å². The molecule has 1 atom stereocenters. The van der Waals surface area contributed by atoms with Crippen molar-refractivity contribution < 1.29 is 14.7 Å². The number of benzene rings is 1. The van der Waals surface area contributed by atoms with E-state index in [9.17, 15) is 9.50 Å². The molecule has 0 spiro atoms. The van der Waals surface area contributed by atoms with Gasteiger partial charge in [-0.15, -0.1) is 0 Å². The van der Waals surface area contributed by atoms with Crippen molar-refractivity contribution in [1.29, 1.82) is 0 Å². The van der Waals surface area contributed by atoms with Crippen LogP contribution in [0.4, 0.5) is 4.39 Å². The minimum Gasteiger partial charge on any atom is -0.508 e. The Balaban J connectivity index is 3.04. The maximum atomic E-state index is 12.6. The Morgan fingerprint density at radius 2 is 2.17 bits per heavy atom. The third-order valence-corrected chi connectivity index (χ3v) is 1.65. The predicted molar refractivity (Wildman–Crippen MR) is 41.4 cm³/mol.